The molecule has 0 unspecified atom stereocenters. The molecule has 5 heteroatoms. The summed E-state index contributed by atoms with van der Waals surface area (Å²) in [5, 5.41) is 3.58. The van der Waals surface area contributed by atoms with Crippen molar-refractivity contribution in [1.29, 1.82) is 0 Å². The molecular formula is C18H15FN4. The highest BCUT2D eigenvalue weighted by Gasteiger charge is 2.18. The van der Waals surface area contributed by atoms with E-state index in [9.17, 15) is 4.39 Å². The molecule has 2 aromatic carbocycles. The predicted octanol–water partition coefficient (Wildman–Crippen LogP) is 3.63. The van der Waals surface area contributed by atoms with Crippen LogP contribution in [0.3, 0.4) is 0 Å². The van der Waals surface area contributed by atoms with Gasteiger partial charge in [0.15, 0.2) is 11.6 Å². The first-order valence-corrected chi connectivity index (χ1v) is 7.14. The fraction of sp³-hybridized carbons (Fsp3) is 0.0556. The highest BCUT2D eigenvalue weighted by Crippen LogP contribution is 2.26. The van der Waals surface area contributed by atoms with Crippen LogP contribution in [0.25, 0.3) is 22.6 Å². The minimum absolute atomic E-state index is 0.111. The maximum absolute atomic E-state index is 14.8. The minimum atomic E-state index is -0.525. The van der Waals surface area contributed by atoms with E-state index in [4.69, 9.17) is 5.84 Å². The minimum Gasteiger partial charge on any atom is -0.323 e. The van der Waals surface area contributed by atoms with E-state index >= 15 is 0 Å². The summed E-state index contributed by atoms with van der Waals surface area (Å²) < 4.78 is 14.8. The number of nitrogens with two attached hydrogens (primary N) is 1. The number of nitrogens with zero attached hydrogens (tertiary/aromatic N) is 3. The Bertz CT molecular complexity index is 846. The molecule has 0 fully saturated rings. The topological polar surface area (TPSA) is 64.2 Å². The van der Waals surface area contributed by atoms with Crippen LogP contribution in [0.2, 0.25) is 0 Å². The molecule has 3 aromatic rings. The third-order valence-corrected chi connectivity index (χ3v) is 3.47. The average Bonchev–Trinajstić information content (AvgIpc) is 2.62. The Morgan fingerprint density at radius 3 is 2.04 bits per heavy atom. The summed E-state index contributed by atoms with van der Waals surface area (Å²) in [5.41, 5.74) is 2.14. The van der Waals surface area contributed by atoms with Crippen LogP contribution < -0.4 is 5.84 Å². The van der Waals surface area contributed by atoms with Gasteiger partial charge in [0.05, 0.1) is 5.71 Å². The summed E-state index contributed by atoms with van der Waals surface area (Å²) in [6, 6.07) is 18.6. The Hall–Kier alpha value is -3.08. The Balaban J connectivity index is 2.27. The highest BCUT2D eigenvalue weighted by molar-refractivity contribution is 5.98. The van der Waals surface area contributed by atoms with Gasteiger partial charge in [0, 0.05) is 11.1 Å². The van der Waals surface area contributed by atoms with E-state index in [2.05, 4.69) is 15.1 Å². The third-order valence-electron chi connectivity index (χ3n) is 3.47. The second kappa shape index (κ2) is 6.36. The fourth-order valence-corrected chi connectivity index (χ4v) is 2.25. The van der Waals surface area contributed by atoms with Gasteiger partial charge in [-0.1, -0.05) is 60.7 Å². The second-order valence-corrected chi connectivity index (χ2v) is 5.00. The van der Waals surface area contributed by atoms with Crippen molar-refractivity contribution in [2.75, 3.05) is 0 Å². The lowest BCUT2D eigenvalue weighted by molar-refractivity contribution is 0.615. The third kappa shape index (κ3) is 2.94. The zero-order valence-electron chi connectivity index (χ0n) is 12.6. The number of aromatic nitrogens is 2. The smallest absolute Gasteiger partial charge is 0.177 e. The molecule has 114 valence electrons. The molecule has 0 amide bonds. The summed E-state index contributed by atoms with van der Waals surface area (Å²) >= 11 is 0. The molecule has 4 nitrogen and oxygen atoms in total. The Kier molecular flexibility index (Phi) is 4.10. The molecule has 0 saturated heterocycles. The van der Waals surface area contributed by atoms with E-state index in [0.29, 0.717) is 17.1 Å². The summed E-state index contributed by atoms with van der Waals surface area (Å²) in [6.45, 7) is 1.62. The van der Waals surface area contributed by atoms with E-state index in [-0.39, 0.29) is 11.4 Å². The van der Waals surface area contributed by atoms with Crippen molar-refractivity contribution in [2.45, 2.75) is 6.92 Å². The lowest BCUT2D eigenvalue weighted by Gasteiger charge is -2.10. The van der Waals surface area contributed by atoms with Gasteiger partial charge in [0.2, 0.25) is 0 Å². The highest BCUT2D eigenvalue weighted by atomic mass is 19.1. The standard InChI is InChI=1S/C18H15FN4/c1-12(23-20)16-15(19)17(13-8-4-2-5-9-13)22-18(21-16)14-10-6-3-7-11-14/h2-11H,20H2,1H3/b23-12+. The van der Waals surface area contributed by atoms with Gasteiger partial charge in [-0.15, -0.1) is 0 Å². The number of halogens is 1. The number of benzene rings is 2. The van der Waals surface area contributed by atoms with Crippen LogP contribution in [-0.4, -0.2) is 15.7 Å². The molecule has 0 saturated carbocycles. The lowest BCUT2D eigenvalue weighted by atomic mass is 10.1. The van der Waals surface area contributed by atoms with Gasteiger partial charge in [-0.25, -0.2) is 14.4 Å². The zero-order valence-corrected chi connectivity index (χ0v) is 12.6. The molecule has 0 spiro atoms. The van der Waals surface area contributed by atoms with Gasteiger partial charge in [-0.3, -0.25) is 0 Å². The van der Waals surface area contributed by atoms with E-state index in [1.165, 1.54) is 0 Å². The van der Waals surface area contributed by atoms with E-state index < -0.39 is 5.82 Å². The van der Waals surface area contributed by atoms with Gasteiger partial charge in [0.1, 0.15) is 11.4 Å². The van der Waals surface area contributed by atoms with Gasteiger partial charge >= 0.3 is 0 Å². The number of hydrazone groups is 1. The van der Waals surface area contributed by atoms with E-state index in [1.54, 1.807) is 19.1 Å². The number of hydrogen-bond acceptors (Lipinski definition) is 4. The first-order valence-electron chi connectivity index (χ1n) is 7.14. The average molecular weight is 306 g/mol. The van der Waals surface area contributed by atoms with Crippen molar-refractivity contribution >= 4 is 5.71 Å². The summed E-state index contributed by atoms with van der Waals surface area (Å²) in [7, 11) is 0. The normalized spacial score (nSPS) is 11.5. The maximum Gasteiger partial charge on any atom is 0.177 e. The van der Waals surface area contributed by atoms with Crippen LogP contribution in [0.4, 0.5) is 4.39 Å². The quantitative estimate of drug-likeness (QED) is 0.456. The molecule has 0 aliphatic heterocycles. The zero-order chi connectivity index (χ0) is 16.2. The van der Waals surface area contributed by atoms with Gasteiger partial charge in [-0.05, 0) is 6.92 Å². The molecule has 0 aliphatic rings. The van der Waals surface area contributed by atoms with Gasteiger partial charge in [-0.2, -0.15) is 5.10 Å². The van der Waals surface area contributed by atoms with Crippen molar-refractivity contribution in [2.24, 2.45) is 10.9 Å². The van der Waals surface area contributed by atoms with E-state index in [1.807, 2.05) is 48.5 Å². The largest absolute Gasteiger partial charge is 0.323 e. The van der Waals surface area contributed by atoms with Crippen molar-refractivity contribution in [3.05, 3.63) is 72.2 Å². The number of hydrogen-bond donors (Lipinski definition) is 1. The SMILES string of the molecule is C/C(=N\N)c1nc(-c2ccccc2)nc(-c2ccccc2)c1F. The molecule has 23 heavy (non-hydrogen) atoms. The second-order valence-electron chi connectivity index (χ2n) is 5.00. The molecule has 0 bridgehead atoms. The Morgan fingerprint density at radius 1 is 0.913 bits per heavy atom. The summed E-state index contributed by atoms with van der Waals surface area (Å²) in [6.07, 6.45) is 0. The Morgan fingerprint density at radius 2 is 1.48 bits per heavy atom. The first-order chi connectivity index (χ1) is 11.2. The van der Waals surface area contributed by atoms with Crippen molar-refractivity contribution < 1.29 is 4.39 Å². The molecule has 0 radical (unpaired) electrons. The summed E-state index contributed by atoms with van der Waals surface area (Å²) in [4.78, 5) is 8.71. The van der Waals surface area contributed by atoms with Gasteiger partial charge in [0.25, 0.3) is 0 Å². The van der Waals surface area contributed by atoms with Crippen LogP contribution in [0, 0.1) is 5.82 Å². The molecule has 0 aliphatic carbocycles. The molecule has 1 heterocycles. The molecule has 2 N–H and O–H groups in total. The Labute approximate surface area is 133 Å². The molecule has 3 rings (SSSR count). The first kappa shape index (κ1) is 14.8. The van der Waals surface area contributed by atoms with Crippen LogP contribution in [0.15, 0.2) is 65.8 Å². The summed E-state index contributed by atoms with van der Waals surface area (Å²) in [5.74, 6) is 5.22. The van der Waals surface area contributed by atoms with Crippen molar-refractivity contribution in [3.63, 3.8) is 0 Å². The lowest BCUT2D eigenvalue weighted by Crippen LogP contribution is -2.10. The maximum atomic E-state index is 14.8. The molecule has 1 aromatic heterocycles. The monoisotopic (exact) mass is 306 g/mol. The molecular weight excluding hydrogens is 291 g/mol. The predicted molar refractivity (Wildman–Crippen MR) is 89.3 cm³/mol. The van der Waals surface area contributed by atoms with Crippen LogP contribution in [0.1, 0.15) is 12.6 Å². The van der Waals surface area contributed by atoms with Crippen LogP contribution in [0.5, 0.6) is 0 Å². The van der Waals surface area contributed by atoms with Crippen molar-refractivity contribution in [1.82, 2.24) is 9.97 Å². The fourth-order valence-electron chi connectivity index (χ4n) is 2.25. The molecule has 0 atom stereocenters. The van der Waals surface area contributed by atoms with Crippen molar-refractivity contribution in [3.8, 4) is 22.6 Å². The van der Waals surface area contributed by atoms with Gasteiger partial charge < -0.3 is 5.84 Å². The van der Waals surface area contributed by atoms with Crippen LogP contribution in [-0.2, 0) is 0 Å². The number of rotatable bonds is 3. The van der Waals surface area contributed by atoms with E-state index in [0.717, 1.165) is 5.56 Å². The van der Waals surface area contributed by atoms with Crippen LogP contribution >= 0.6 is 0 Å².